The van der Waals surface area contributed by atoms with Gasteiger partial charge in [-0.25, -0.2) is 4.98 Å². The third-order valence-corrected chi connectivity index (χ3v) is 6.72. The van der Waals surface area contributed by atoms with Gasteiger partial charge in [-0.3, -0.25) is 14.2 Å². The molecule has 1 fully saturated rings. The Kier molecular flexibility index (Phi) is 7.82. The van der Waals surface area contributed by atoms with Gasteiger partial charge >= 0.3 is 6.18 Å². The lowest BCUT2D eigenvalue weighted by Gasteiger charge is -2.31. The van der Waals surface area contributed by atoms with Gasteiger partial charge in [0.1, 0.15) is 6.04 Å². The topological polar surface area (TPSA) is 67.2 Å². The van der Waals surface area contributed by atoms with Crippen molar-refractivity contribution in [3.8, 4) is 0 Å². The number of fused-ring (bicyclic) bond motifs is 1. The van der Waals surface area contributed by atoms with E-state index in [1.54, 1.807) is 19.9 Å². The SMILES string of the molecule is Cc1cc2nc(C(F)(F)F)c(=O)n([C@H](C)C(=O)NCCCN(C)C3CCCCC3)c2cc1C. The Morgan fingerprint density at radius 2 is 1.85 bits per heavy atom. The van der Waals surface area contributed by atoms with Crippen molar-refractivity contribution in [2.24, 2.45) is 0 Å². The van der Waals surface area contributed by atoms with E-state index >= 15 is 0 Å². The summed E-state index contributed by atoms with van der Waals surface area (Å²) in [4.78, 5) is 31.5. The molecule has 3 rings (SSSR count). The Morgan fingerprint density at radius 3 is 2.48 bits per heavy atom. The normalized spacial score (nSPS) is 16.4. The van der Waals surface area contributed by atoms with Crippen molar-refractivity contribution in [1.82, 2.24) is 19.8 Å². The molecule has 182 valence electrons. The standard InChI is InChI=1S/C24H33F3N4O2/c1-15-13-19-20(14-16(15)2)31(23(33)21(29-19)24(25,26)27)17(3)22(32)28-11-8-12-30(4)18-9-6-5-7-10-18/h13-14,17-18H,5-12H2,1-4H3,(H,28,32)/t17-/m1/s1. The second kappa shape index (κ2) is 10.2. The molecule has 1 saturated carbocycles. The Labute approximate surface area is 192 Å². The first-order valence-electron chi connectivity index (χ1n) is 11.6. The van der Waals surface area contributed by atoms with Gasteiger partial charge in [0, 0.05) is 12.6 Å². The first-order valence-corrected chi connectivity index (χ1v) is 11.6. The number of halogens is 3. The number of nitrogens with one attached hydrogen (secondary N) is 1. The maximum atomic E-state index is 13.5. The van der Waals surface area contributed by atoms with Gasteiger partial charge in [0.15, 0.2) is 0 Å². The first kappa shape index (κ1) is 25.2. The van der Waals surface area contributed by atoms with Gasteiger partial charge < -0.3 is 10.2 Å². The fourth-order valence-corrected chi connectivity index (χ4v) is 4.54. The molecule has 0 bridgehead atoms. The van der Waals surface area contributed by atoms with Gasteiger partial charge in [0.2, 0.25) is 11.6 Å². The second-order valence-corrected chi connectivity index (χ2v) is 9.15. The molecule has 1 heterocycles. The smallest absolute Gasteiger partial charge is 0.354 e. The third-order valence-electron chi connectivity index (χ3n) is 6.72. The number of amides is 1. The van der Waals surface area contributed by atoms with E-state index in [9.17, 15) is 22.8 Å². The van der Waals surface area contributed by atoms with Gasteiger partial charge in [-0.1, -0.05) is 19.3 Å². The summed E-state index contributed by atoms with van der Waals surface area (Å²) in [6.45, 7) is 6.23. The van der Waals surface area contributed by atoms with Crippen LogP contribution in [0.25, 0.3) is 11.0 Å². The molecule has 2 aromatic rings. The van der Waals surface area contributed by atoms with Crippen molar-refractivity contribution in [1.29, 1.82) is 0 Å². The summed E-state index contributed by atoms with van der Waals surface area (Å²) >= 11 is 0. The molecule has 1 atom stereocenters. The summed E-state index contributed by atoms with van der Waals surface area (Å²) in [7, 11) is 2.09. The number of nitrogens with zero attached hydrogens (tertiary/aromatic N) is 3. The van der Waals surface area contributed by atoms with E-state index in [1.807, 2.05) is 0 Å². The number of alkyl halides is 3. The molecular weight excluding hydrogens is 433 g/mol. The van der Waals surface area contributed by atoms with Gasteiger partial charge in [-0.05, 0) is 76.9 Å². The van der Waals surface area contributed by atoms with Crippen molar-refractivity contribution < 1.29 is 18.0 Å². The summed E-state index contributed by atoms with van der Waals surface area (Å²) < 4.78 is 41.4. The van der Waals surface area contributed by atoms with E-state index in [1.165, 1.54) is 45.1 Å². The van der Waals surface area contributed by atoms with E-state index in [4.69, 9.17) is 0 Å². The van der Waals surface area contributed by atoms with Crippen LogP contribution in [-0.2, 0) is 11.0 Å². The van der Waals surface area contributed by atoms with Crippen LogP contribution in [0.5, 0.6) is 0 Å². The van der Waals surface area contributed by atoms with Gasteiger partial charge in [-0.2, -0.15) is 13.2 Å². The minimum Gasteiger partial charge on any atom is -0.354 e. The van der Waals surface area contributed by atoms with Crippen molar-refractivity contribution in [2.75, 3.05) is 20.1 Å². The second-order valence-electron chi connectivity index (χ2n) is 9.15. The van der Waals surface area contributed by atoms with Crippen LogP contribution in [0, 0.1) is 13.8 Å². The average Bonchev–Trinajstić information content (AvgIpc) is 2.76. The fourth-order valence-electron chi connectivity index (χ4n) is 4.54. The van der Waals surface area contributed by atoms with E-state index in [0.29, 0.717) is 12.6 Å². The molecule has 6 nitrogen and oxygen atoms in total. The van der Waals surface area contributed by atoms with Gasteiger partial charge in [0.05, 0.1) is 11.0 Å². The number of carbonyl (C=O) groups is 1. The van der Waals surface area contributed by atoms with Crippen LogP contribution in [0.2, 0.25) is 0 Å². The molecule has 1 aromatic heterocycles. The summed E-state index contributed by atoms with van der Waals surface area (Å²) in [6.07, 6.45) is 1.98. The van der Waals surface area contributed by atoms with Crippen molar-refractivity contribution >= 4 is 16.9 Å². The van der Waals surface area contributed by atoms with E-state index in [-0.39, 0.29) is 11.0 Å². The molecule has 0 unspecified atom stereocenters. The molecule has 33 heavy (non-hydrogen) atoms. The molecule has 1 aromatic carbocycles. The summed E-state index contributed by atoms with van der Waals surface area (Å²) in [5.41, 5.74) is -0.998. The van der Waals surface area contributed by atoms with Crippen LogP contribution in [0.4, 0.5) is 13.2 Å². The van der Waals surface area contributed by atoms with Gasteiger partial charge in [-0.15, -0.1) is 0 Å². The van der Waals surface area contributed by atoms with Crippen LogP contribution >= 0.6 is 0 Å². The summed E-state index contributed by atoms with van der Waals surface area (Å²) in [5.74, 6) is -0.490. The maximum Gasteiger partial charge on any atom is 0.438 e. The number of carbonyl (C=O) groups excluding carboxylic acids is 1. The van der Waals surface area contributed by atoms with Crippen LogP contribution in [-0.4, -0.2) is 46.5 Å². The quantitative estimate of drug-likeness (QED) is 0.616. The van der Waals surface area contributed by atoms with Gasteiger partial charge in [0.25, 0.3) is 5.56 Å². The largest absolute Gasteiger partial charge is 0.438 e. The van der Waals surface area contributed by atoms with Crippen molar-refractivity contribution in [3.05, 3.63) is 39.3 Å². The lowest BCUT2D eigenvalue weighted by Crippen LogP contribution is -2.40. The molecule has 0 radical (unpaired) electrons. The molecule has 1 N–H and O–H groups in total. The minimum absolute atomic E-state index is 0.0405. The highest BCUT2D eigenvalue weighted by Crippen LogP contribution is 2.28. The summed E-state index contributed by atoms with van der Waals surface area (Å²) in [5, 5.41) is 2.79. The number of aromatic nitrogens is 2. The molecule has 0 saturated heterocycles. The predicted molar refractivity (Wildman–Crippen MR) is 122 cm³/mol. The molecule has 0 spiro atoms. The van der Waals surface area contributed by atoms with Crippen molar-refractivity contribution in [3.63, 3.8) is 0 Å². The third kappa shape index (κ3) is 5.75. The van der Waals surface area contributed by atoms with Crippen molar-refractivity contribution in [2.45, 2.75) is 77.6 Å². The van der Waals surface area contributed by atoms with E-state index < -0.39 is 29.4 Å². The zero-order valence-corrected chi connectivity index (χ0v) is 19.8. The van der Waals surface area contributed by atoms with Crippen LogP contribution in [0.3, 0.4) is 0 Å². The van der Waals surface area contributed by atoms with E-state index in [0.717, 1.165) is 28.7 Å². The maximum absolute atomic E-state index is 13.5. The molecule has 1 aliphatic carbocycles. The number of benzene rings is 1. The first-order chi connectivity index (χ1) is 15.5. The zero-order chi connectivity index (χ0) is 24.3. The molecular formula is C24H33F3N4O2. The van der Waals surface area contributed by atoms with Crippen LogP contribution in [0.15, 0.2) is 16.9 Å². The number of hydrogen-bond acceptors (Lipinski definition) is 4. The Bertz CT molecular complexity index is 1060. The highest BCUT2D eigenvalue weighted by atomic mass is 19.4. The number of rotatable bonds is 7. The van der Waals surface area contributed by atoms with Crippen LogP contribution in [0.1, 0.15) is 68.3 Å². The molecule has 1 amide bonds. The molecule has 9 heteroatoms. The zero-order valence-electron chi connectivity index (χ0n) is 19.8. The highest BCUT2D eigenvalue weighted by Gasteiger charge is 2.38. The molecule has 0 aliphatic heterocycles. The number of hydrogen-bond donors (Lipinski definition) is 1. The average molecular weight is 467 g/mol. The Balaban J connectivity index is 1.77. The van der Waals surface area contributed by atoms with E-state index in [2.05, 4.69) is 22.2 Å². The minimum atomic E-state index is -4.91. The Morgan fingerprint density at radius 1 is 1.21 bits per heavy atom. The lowest BCUT2D eigenvalue weighted by molar-refractivity contribution is -0.142. The molecule has 1 aliphatic rings. The highest BCUT2D eigenvalue weighted by molar-refractivity contribution is 5.84. The number of aryl methyl sites for hydroxylation is 2. The monoisotopic (exact) mass is 466 g/mol. The Hall–Kier alpha value is -2.42. The fraction of sp³-hybridized carbons (Fsp3) is 0.625. The predicted octanol–water partition coefficient (Wildman–Crippen LogP) is 4.36. The van der Waals surface area contributed by atoms with Crippen LogP contribution < -0.4 is 10.9 Å². The summed E-state index contributed by atoms with van der Waals surface area (Å²) in [6, 6.07) is 2.59. The lowest BCUT2D eigenvalue weighted by atomic mass is 9.94.